The van der Waals surface area contributed by atoms with Gasteiger partial charge in [-0.3, -0.25) is 0 Å². The Morgan fingerprint density at radius 1 is 0.800 bits per heavy atom. The Bertz CT molecular complexity index is 1120. The van der Waals surface area contributed by atoms with Crippen molar-refractivity contribution < 1.29 is 17.9 Å². The van der Waals surface area contributed by atoms with Crippen LogP contribution in [0.15, 0.2) is 79.1 Å². The third-order valence-electron chi connectivity index (χ3n) is 4.59. The predicted molar refractivity (Wildman–Crippen MR) is 110 cm³/mol. The Morgan fingerprint density at radius 3 is 2.17 bits per heavy atom. The van der Waals surface area contributed by atoms with E-state index in [4.69, 9.17) is 4.74 Å². The van der Waals surface area contributed by atoms with E-state index in [-0.39, 0.29) is 0 Å². The number of benzene rings is 3. The number of aromatic nitrogens is 2. The van der Waals surface area contributed by atoms with E-state index >= 15 is 0 Å². The molecule has 1 heterocycles. The van der Waals surface area contributed by atoms with Crippen molar-refractivity contribution in [2.45, 2.75) is 12.6 Å². The van der Waals surface area contributed by atoms with Crippen molar-refractivity contribution >= 4 is 16.7 Å². The van der Waals surface area contributed by atoms with E-state index in [1.807, 2.05) is 36.4 Å². The van der Waals surface area contributed by atoms with Crippen LogP contribution < -0.4 is 10.1 Å². The van der Waals surface area contributed by atoms with Crippen molar-refractivity contribution in [3.63, 3.8) is 0 Å². The number of hydrogen-bond acceptors (Lipinski definition) is 4. The molecule has 7 heteroatoms. The third-order valence-corrected chi connectivity index (χ3v) is 4.59. The largest absolute Gasteiger partial charge is 0.457 e. The molecule has 0 saturated carbocycles. The average molecular weight is 409 g/mol. The van der Waals surface area contributed by atoms with E-state index in [0.717, 1.165) is 40.8 Å². The summed E-state index contributed by atoms with van der Waals surface area (Å²) in [5.74, 6) is 1.71. The Hall–Kier alpha value is -3.61. The number of nitrogens with one attached hydrogen (secondary N) is 1. The summed E-state index contributed by atoms with van der Waals surface area (Å²) in [5.41, 5.74) is 1.29. The lowest BCUT2D eigenvalue weighted by molar-refractivity contribution is -0.137. The minimum Gasteiger partial charge on any atom is -0.457 e. The summed E-state index contributed by atoms with van der Waals surface area (Å²) in [4.78, 5) is 8.56. The molecule has 0 saturated heterocycles. The zero-order valence-corrected chi connectivity index (χ0v) is 15.9. The second kappa shape index (κ2) is 8.41. The highest BCUT2D eigenvalue weighted by atomic mass is 19.4. The van der Waals surface area contributed by atoms with Crippen molar-refractivity contribution in [1.29, 1.82) is 0 Å². The van der Waals surface area contributed by atoms with E-state index in [0.29, 0.717) is 18.0 Å². The molecule has 0 spiro atoms. The van der Waals surface area contributed by atoms with Gasteiger partial charge in [0.05, 0.1) is 11.1 Å². The molecule has 30 heavy (non-hydrogen) atoms. The second-order valence-electron chi connectivity index (χ2n) is 6.68. The molecule has 0 fully saturated rings. The first-order chi connectivity index (χ1) is 14.5. The van der Waals surface area contributed by atoms with Crippen LogP contribution in [0.1, 0.15) is 11.1 Å². The second-order valence-corrected chi connectivity index (χ2v) is 6.68. The van der Waals surface area contributed by atoms with Crippen molar-refractivity contribution in [2.24, 2.45) is 0 Å². The minimum atomic E-state index is -4.35. The van der Waals surface area contributed by atoms with Gasteiger partial charge in [0.15, 0.2) is 0 Å². The van der Waals surface area contributed by atoms with Gasteiger partial charge in [0.2, 0.25) is 0 Å². The standard InChI is InChI=1S/C23H18F3N3O/c24-23(25,26)17-7-11-19(12-8-17)30-18-9-5-16(6-10-18)13-14-27-22-20-3-1-2-4-21(20)28-15-29-22/h1-12,15H,13-14H2,(H,27,28,29). The van der Waals surface area contributed by atoms with Crippen LogP contribution in [0, 0.1) is 0 Å². The maximum absolute atomic E-state index is 12.6. The number of nitrogens with zero attached hydrogens (tertiary/aromatic N) is 2. The van der Waals surface area contributed by atoms with Crippen molar-refractivity contribution in [1.82, 2.24) is 9.97 Å². The molecule has 152 valence electrons. The predicted octanol–water partition coefficient (Wildman–Crippen LogP) is 6.10. The average Bonchev–Trinajstić information content (AvgIpc) is 2.75. The number of hydrogen-bond donors (Lipinski definition) is 1. The SMILES string of the molecule is FC(F)(F)c1ccc(Oc2ccc(CCNc3ncnc4ccccc34)cc2)cc1. The number of fused-ring (bicyclic) bond motifs is 1. The number of halogens is 3. The summed E-state index contributed by atoms with van der Waals surface area (Å²) in [7, 11) is 0. The summed E-state index contributed by atoms with van der Waals surface area (Å²) in [5, 5.41) is 4.31. The van der Waals surface area contributed by atoms with Crippen LogP contribution in [0.5, 0.6) is 11.5 Å². The molecule has 0 bridgehead atoms. The summed E-state index contributed by atoms with van der Waals surface area (Å²) in [6.45, 7) is 0.695. The number of rotatable bonds is 6. The zero-order valence-electron chi connectivity index (χ0n) is 15.9. The Morgan fingerprint density at radius 2 is 1.47 bits per heavy atom. The lowest BCUT2D eigenvalue weighted by atomic mass is 10.1. The first-order valence-corrected chi connectivity index (χ1v) is 9.37. The quantitative estimate of drug-likeness (QED) is 0.418. The van der Waals surface area contributed by atoms with Crippen molar-refractivity contribution in [3.8, 4) is 11.5 Å². The summed E-state index contributed by atoms with van der Waals surface area (Å²) in [6, 6.07) is 19.9. The topological polar surface area (TPSA) is 47.0 Å². The van der Waals surface area contributed by atoms with Crippen LogP contribution in [-0.4, -0.2) is 16.5 Å². The summed E-state index contributed by atoms with van der Waals surface area (Å²) < 4.78 is 43.5. The van der Waals surface area contributed by atoms with Gasteiger partial charge < -0.3 is 10.1 Å². The molecule has 4 aromatic rings. The van der Waals surface area contributed by atoms with Crippen LogP contribution in [0.3, 0.4) is 0 Å². The molecule has 1 aromatic heterocycles. The molecular formula is C23H18F3N3O. The molecule has 0 radical (unpaired) electrons. The van der Waals surface area contributed by atoms with Gasteiger partial charge in [-0.2, -0.15) is 13.2 Å². The number of alkyl halides is 3. The van der Waals surface area contributed by atoms with Gasteiger partial charge in [0, 0.05) is 11.9 Å². The van der Waals surface area contributed by atoms with E-state index in [1.165, 1.54) is 18.5 Å². The molecule has 0 aliphatic carbocycles. The molecule has 0 aliphatic rings. The van der Waals surface area contributed by atoms with Gasteiger partial charge >= 0.3 is 6.18 Å². The van der Waals surface area contributed by atoms with Gasteiger partial charge in [0.25, 0.3) is 0 Å². The molecule has 0 amide bonds. The van der Waals surface area contributed by atoms with Crippen LogP contribution in [0.25, 0.3) is 10.9 Å². The lowest BCUT2D eigenvalue weighted by Crippen LogP contribution is -2.07. The van der Waals surface area contributed by atoms with Crippen LogP contribution in [0.2, 0.25) is 0 Å². The van der Waals surface area contributed by atoms with E-state index in [2.05, 4.69) is 15.3 Å². The lowest BCUT2D eigenvalue weighted by Gasteiger charge is -2.10. The maximum atomic E-state index is 12.6. The fourth-order valence-electron chi connectivity index (χ4n) is 3.04. The summed E-state index contributed by atoms with van der Waals surface area (Å²) >= 11 is 0. The van der Waals surface area contributed by atoms with Crippen LogP contribution in [-0.2, 0) is 12.6 Å². The molecular weight excluding hydrogens is 391 g/mol. The van der Waals surface area contributed by atoms with Gasteiger partial charge in [-0.1, -0.05) is 24.3 Å². The van der Waals surface area contributed by atoms with E-state index < -0.39 is 11.7 Å². The maximum Gasteiger partial charge on any atom is 0.416 e. The normalized spacial score (nSPS) is 11.4. The van der Waals surface area contributed by atoms with E-state index in [9.17, 15) is 13.2 Å². The van der Waals surface area contributed by atoms with E-state index in [1.54, 1.807) is 12.1 Å². The molecule has 0 aliphatic heterocycles. The molecule has 4 nitrogen and oxygen atoms in total. The first kappa shape index (κ1) is 19.7. The number of para-hydroxylation sites is 1. The minimum absolute atomic E-state index is 0.355. The van der Waals surface area contributed by atoms with Gasteiger partial charge in [-0.05, 0) is 60.5 Å². The van der Waals surface area contributed by atoms with Crippen LogP contribution in [0.4, 0.5) is 19.0 Å². The van der Waals surface area contributed by atoms with Crippen molar-refractivity contribution in [3.05, 3.63) is 90.3 Å². The third kappa shape index (κ3) is 4.68. The van der Waals surface area contributed by atoms with Gasteiger partial charge in [-0.25, -0.2) is 9.97 Å². The molecule has 1 N–H and O–H groups in total. The Balaban J connectivity index is 1.33. The molecule has 3 aromatic carbocycles. The Kier molecular flexibility index (Phi) is 5.52. The highest BCUT2D eigenvalue weighted by molar-refractivity contribution is 5.88. The Labute approximate surface area is 171 Å². The van der Waals surface area contributed by atoms with Gasteiger partial charge in [-0.15, -0.1) is 0 Å². The fraction of sp³-hybridized carbons (Fsp3) is 0.130. The number of ether oxygens (including phenoxy) is 1. The van der Waals surface area contributed by atoms with Crippen LogP contribution >= 0.6 is 0 Å². The van der Waals surface area contributed by atoms with Crippen molar-refractivity contribution in [2.75, 3.05) is 11.9 Å². The molecule has 4 rings (SSSR count). The van der Waals surface area contributed by atoms with Gasteiger partial charge in [0.1, 0.15) is 23.6 Å². The summed E-state index contributed by atoms with van der Waals surface area (Å²) in [6.07, 6.45) is -2.04. The molecule has 0 unspecified atom stereocenters. The smallest absolute Gasteiger partial charge is 0.416 e. The molecule has 0 atom stereocenters. The number of anilines is 1. The highest BCUT2D eigenvalue weighted by Crippen LogP contribution is 2.31. The monoisotopic (exact) mass is 409 g/mol. The highest BCUT2D eigenvalue weighted by Gasteiger charge is 2.30. The zero-order chi connectivity index (χ0) is 21.0. The first-order valence-electron chi connectivity index (χ1n) is 9.37. The fourth-order valence-corrected chi connectivity index (χ4v) is 3.04.